The first-order chi connectivity index (χ1) is 13.2. The lowest BCUT2D eigenvalue weighted by atomic mass is 9.77. The van der Waals surface area contributed by atoms with E-state index in [0.717, 1.165) is 29.9 Å². The van der Waals surface area contributed by atoms with Gasteiger partial charge in [0.25, 0.3) is 0 Å². The third-order valence-corrected chi connectivity index (χ3v) is 5.15. The second-order valence-electron chi connectivity index (χ2n) is 6.93. The summed E-state index contributed by atoms with van der Waals surface area (Å²) in [5, 5.41) is 10.0. The molecule has 1 unspecified atom stereocenters. The van der Waals surface area contributed by atoms with Gasteiger partial charge in [0.1, 0.15) is 11.8 Å². The van der Waals surface area contributed by atoms with Crippen LogP contribution in [0.3, 0.4) is 0 Å². The van der Waals surface area contributed by atoms with Crippen molar-refractivity contribution in [2.75, 3.05) is 18.0 Å². The van der Waals surface area contributed by atoms with Crippen molar-refractivity contribution >= 4 is 29.0 Å². The standard InChI is InChI=1S/C20H21N5O2/c26-19(27)20(9-4-8-15-6-2-1-3-7-15)10-5-11-25(12-20)18-16-17(22-13-21-16)23-14-24-18/h1-4,6-8,13-14H,5,9-12H2,(H,26,27)(H,21,22,23,24). The topological polar surface area (TPSA) is 95.0 Å². The van der Waals surface area contributed by atoms with Crippen molar-refractivity contribution in [2.45, 2.75) is 19.3 Å². The van der Waals surface area contributed by atoms with Crippen LogP contribution in [0.15, 0.2) is 49.1 Å². The molecule has 7 heteroatoms. The number of aromatic amines is 1. The maximum atomic E-state index is 12.2. The van der Waals surface area contributed by atoms with E-state index in [1.165, 1.54) is 6.33 Å². The van der Waals surface area contributed by atoms with Crippen LogP contribution in [-0.4, -0.2) is 44.1 Å². The Morgan fingerprint density at radius 1 is 1.26 bits per heavy atom. The quantitative estimate of drug-likeness (QED) is 0.723. The number of piperidine rings is 1. The number of hydrogen-bond donors (Lipinski definition) is 2. The number of nitrogens with zero attached hydrogens (tertiary/aromatic N) is 4. The normalized spacial score (nSPS) is 20.4. The zero-order chi connectivity index (χ0) is 18.7. The number of carboxylic acids is 1. The number of anilines is 1. The minimum atomic E-state index is -0.833. The van der Waals surface area contributed by atoms with Gasteiger partial charge in [-0.25, -0.2) is 15.0 Å². The molecule has 1 atom stereocenters. The van der Waals surface area contributed by atoms with Crippen LogP contribution in [0.1, 0.15) is 24.8 Å². The Morgan fingerprint density at radius 3 is 2.93 bits per heavy atom. The summed E-state index contributed by atoms with van der Waals surface area (Å²) in [4.78, 5) is 30.0. The fourth-order valence-electron chi connectivity index (χ4n) is 3.72. The van der Waals surface area contributed by atoms with Crippen LogP contribution in [-0.2, 0) is 4.79 Å². The van der Waals surface area contributed by atoms with Crippen LogP contribution in [0, 0.1) is 5.41 Å². The summed E-state index contributed by atoms with van der Waals surface area (Å²) < 4.78 is 0. The third-order valence-electron chi connectivity index (χ3n) is 5.15. The Labute approximate surface area is 156 Å². The Morgan fingerprint density at radius 2 is 2.11 bits per heavy atom. The zero-order valence-electron chi connectivity index (χ0n) is 14.9. The molecule has 1 saturated heterocycles. The van der Waals surface area contributed by atoms with Crippen LogP contribution in [0.5, 0.6) is 0 Å². The van der Waals surface area contributed by atoms with Gasteiger partial charge in [0.2, 0.25) is 0 Å². The molecular weight excluding hydrogens is 342 g/mol. The summed E-state index contributed by atoms with van der Waals surface area (Å²) >= 11 is 0. The lowest BCUT2D eigenvalue weighted by Crippen LogP contribution is -2.48. The molecule has 0 radical (unpaired) electrons. The first-order valence-electron chi connectivity index (χ1n) is 9.02. The number of carbonyl (C=O) groups is 1. The zero-order valence-corrected chi connectivity index (χ0v) is 14.9. The number of aromatic nitrogens is 4. The molecule has 3 heterocycles. The molecular formula is C20H21N5O2. The molecule has 0 amide bonds. The Bertz CT molecular complexity index is 969. The Hall–Kier alpha value is -3.22. The molecule has 2 aromatic heterocycles. The Balaban J connectivity index is 1.58. The number of aliphatic carboxylic acids is 1. The number of fused-ring (bicyclic) bond motifs is 1. The number of imidazole rings is 1. The van der Waals surface area contributed by atoms with Crippen molar-refractivity contribution in [3.05, 3.63) is 54.6 Å². The van der Waals surface area contributed by atoms with E-state index in [0.29, 0.717) is 25.0 Å². The van der Waals surface area contributed by atoms with Crippen molar-refractivity contribution < 1.29 is 9.90 Å². The van der Waals surface area contributed by atoms with E-state index < -0.39 is 11.4 Å². The van der Waals surface area contributed by atoms with Gasteiger partial charge in [0, 0.05) is 13.1 Å². The minimum absolute atomic E-state index is 0.409. The third kappa shape index (κ3) is 3.40. The lowest BCUT2D eigenvalue weighted by molar-refractivity contribution is -0.149. The van der Waals surface area contributed by atoms with Crippen molar-refractivity contribution in [1.82, 2.24) is 19.9 Å². The van der Waals surface area contributed by atoms with Gasteiger partial charge in [0.05, 0.1) is 11.7 Å². The fourth-order valence-corrected chi connectivity index (χ4v) is 3.72. The predicted molar refractivity (Wildman–Crippen MR) is 103 cm³/mol. The molecule has 27 heavy (non-hydrogen) atoms. The fraction of sp³-hybridized carbons (Fsp3) is 0.300. The summed E-state index contributed by atoms with van der Waals surface area (Å²) in [5.74, 6) is -0.0466. The van der Waals surface area contributed by atoms with Crippen molar-refractivity contribution in [2.24, 2.45) is 5.41 Å². The average Bonchev–Trinajstić information content (AvgIpc) is 3.18. The van der Waals surface area contributed by atoms with E-state index in [-0.39, 0.29) is 0 Å². The second-order valence-corrected chi connectivity index (χ2v) is 6.93. The van der Waals surface area contributed by atoms with Crippen LogP contribution < -0.4 is 4.90 Å². The highest BCUT2D eigenvalue weighted by Gasteiger charge is 2.42. The molecule has 1 aliphatic rings. The smallest absolute Gasteiger partial charge is 0.311 e. The highest BCUT2D eigenvalue weighted by atomic mass is 16.4. The second kappa shape index (κ2) is 7.19. The number of H-pyrrole nitrogens is 1. The van der Waals surface area contributed by atoms with E-state index in [1.807, 2.05) is 47.4 Å². The molecule has 1 aromatic carbocycles. The molecule has 1 aliphatic heterocycles. The van der Waals surface area contributed by atoms with Crippen LogP contribution >= 0.6 is 0 Å². The molecule has 3 aromatic rings. The van der Waals surface area contributed by atoms with Crippen LogP contribution in [0.25, 0.3) is 17.2 Å². The van der Waals surface area contributed by atoms with E-state index in [9.17, 15) is 9.90 Å². The Kier molecular flexibility index (Phi) is 4.58. The molecule has 0 aliphatic carbocycles. The van der Waals surface area contributed by atoms with E-state index >= 15 is 0 Å². The molecule has 0 spiro atoms. The average molecular weight is 363 g/mol. The number of nitrogens with one attached hydrogen (secondary N) is 1. The first kappa shape index (κ1) is 17.2. The van der Waals surface area contributed by atoms with Crippen LogP contribution in [0.4, 0.5) is 5.82 Å². The van der Waals surface area contributed by atoms with E-state index in [2.05, 4.69) is 19.9 Å². The van der Waals surface area contributed by atoms with Gasteiger partial charge in [-0.1, -0.05) is 42.5 Å². The number of hydrogen-bond acceptors (Lipinski definition) is 5. The summed E-state index contributed by atoms with van der Waals surface area (Å²) in [6.45, 7) is 1.18. The lowest BCUT2D eigenvalue weighted by Gasteiger charge is -2.40. The molecule has 4 rings (SSSR count). The van der Waals surface area contributed by atoms with Gasteiger partial charge in [-0.3, -0.25) is 4.79 Å². The highest BCUT2D eigenvalue weighted by Crippen LogP contribution is 2.37. The van der Waals surface area contributed by atoms with Gasteiger partial charge in [-0.05, 0) is 24.8 Å². The first-order valence-corrected chi connectivity index (χ1v) is 9.02. The highest BCUT2D eigenvalue weighted by molar-refractivity contribution is 5.84. The van der Waals surface area contributed by atoms with E-state index in [1.54, 1.807) is 6.33 Å². The molecule has 0 saturated carbocycles. The number of rotatable bonds is 5. The van der Waals surface area contributed by atoms with Crippen molar-refractivity contribution in [3.8, 4) is 0 Å². The summed E-state index contributed by atoms with van der Waals surface area (Å²) in [7, 11) is 0. The molecule has 2 N–H and O–H groups in total. The monoisotopic (exact) mass is 363 g/mol. The van der Waals surface area contributed by atoms with Crippen LogP contribution in [0.2, 0.25) is 0 Å². The van der Waals surface area contributed by atoms with Crippen molar-refractivity contribution in [1.29, 1.82) is 0 Å². The van der Waals surface area contributed by atoms with Gasteiger partial charge >= 0.3 is 5.97 Å². The largest absolute Gasteiger partial charge is 0.481 e. The van der Waals surface area contributed by atoms with Gasteiger partial charge in [-0.2, -0.15) is 0 Å². The number of benzene rings is 1. The molecule has 1 fully saturated rings. The van der Waals surface area contributed by atoms with Gasteiger partial charge < -0.3 is 15.0 Å². The molecule has 138 valence electrons. The molecule has 0 bridgehead atoms. The van der Waals surface area contributed by atoms with Crippen molar-refractivity contribution in [3.63, 3.8) is 0 Å². The summed E-state index contributed by atoms with van der Waals surface area (Å²) in [5.41, 5.74) is 1.58. The van der Waals surface area contributed by atoms with Gasteiger partial charge in [-0.15, -0.1) is 0 Å². The predicted octanol–water partition coefficient (Wildman–Crippen LogP) is 3.13. The number of carboxylic acid groups (broad SMARTS) is 1. The summed E-state index contributed by atoms with van der Waals surface area (Å²) in [6.07, 6.45) is 8.94. The van der Waals surface area contributed by atoms with E-state index in [4.69, 9.17) is 0 Å². The SMILES string of the molecule is O=C(O)C1(CC=Cc2ccccc2)CCCN(c2ncnc3nc[nH]c23)C1. The maximum absolute atomic E-state index is 12.2. The molecule has 7 nitrogen and oxygen atoms in total. The maximum Gasteiger partial charge on any atom is 0.311 e. The minimum Gasteiger partial charge on any atom is -0.481 e. The van der Waals surface area contributed by atoms with Gasteiger partial charge in [0.15, 0.2) is 11.5 Å². The summed E-state index contributed by atoms with van der Waals surface area (Å²) in [6, 6.07) is 9.92. The number of allylic oxidation sites excluding steroid dienone is 1.